The van der Waals surface area contributed by atoms with E-state index in [0.29, 0.717) is 5.82 Å². The fraction of sp³-hybridized carbons (Fsp3) is 0. The minimum atomic E-state index is 0.690. The molecule has 0 aliphatic carbocycles. The van der Waals surface area contributed by atoms with Crippen molar-refractivity contribution >= 4 is 86.2 Å². The topological polar surface area (TPSA) is 43.9 Å². The molecule has 12 aromatic rings. The molecule has 0 N–H and O–H groups in total. The van der Waals surface area contributed by atoms with E-state index in [1.165, 1.54) is 42.9 Å². The number of rotatable bonds is 4. The third kappa shape index (κ3) is 4.51. The van der Waals surface area contributed by atoms with Gasteiger partial charge in [0.05, 0.1) is 26.9 Å². The molecule has 0 aliphatic heterocycles. The highest BCUT2D eigenvalue weighted by Crippen LogP contribution is 2.44. The van der Waals surface area contributed by atoms with Gasteiger partial charge >= 0.3 is 0 Å². The summed E-state index contributed by atoms with van der Waals surface area (Å²) in [4.78, 5) is 10.6. The molecule has 0 amide bonds. The summed E-state index contributed by atoms with van der Waals surface area (Å²) >= 11 is 1.75. The van der Waals surface area contributed by atoms with Crippen molar-refractivity contribution in [2.24, 2.45) is 0 Å². The van der Waals surface area contributed by atoms with Gasteiger partial charge in [-0.25, -0.2) is 9.97 Å². The van der Waals surface area contributed by atoms with Crippen LogP contribution in [0.15, 0.2) is 180 Å². The zero-order valence-electron chi connectivity index (χ0n) is 29.4. The lowest BCUT2D eigenvalue weighted by molar-refractivity contribution is 0.668. The molecule has 0 unspecified atom stereocenters. The smallest absolute Gasteiger partial charge is 0.161 e. The third-order valence-corrected chi connectivity index (χ3v) is 12.2. The summed E-state index contributed by atoms with van der Waals surface area (Å²) in [5, 5.41) is 8.08. The molecule has 0 radical (unpaired) electrons. The first-order chi connectivity index (χ1) is 27.3. The number of nitrogens with zero attached hydrogens (tertiary/aromatic N) is 3. The first kappa shape index (κ1) is 30.4. The van der Waals surface area contributed by atoms with Crippen LogP contribution in [-0.2, 0) is 0 Å². The Bertz CT molecular complexity index is 3490. The van der Waals surface area contributed by atoms with Crippen molar-refractivity contribution in [1.29, 1.82) is 0 Å². The summed E-state index contributed by atoms with van der Waals surface area (Å²) < 4.78 is 11.4. The zero-order valence-corrected chi connectivity index (χ0v) is 30.2. The van der Waals surface area contributed by atoms with Gasteiger partial charge in [0.1, 0.15) is 11.2 Å². The molecule has 4 heterocycles. The van der Waals surface area contributed by atoms with Crippen molar-refractivity contribution in [2.75, 3.05) is 0 Å². The van der Waals surface area contributed by atoms with E-state index in [9.17, 15) is 0 Å². The van der Waals surface area contributed by atoms with Crippen molar-refractivity contribution in [1.82, 2.24) is 14.5 Å². The lowest BCUT2D eigenvalue weighted by Crippen LogP contribution is -1.95. The molecule has 0 bridgehead atoms. The molecule has 0 aliphatic rings. The molecule has 4 nitrogen and oxygen atoms in total. The number of thiophene rings is 1. The van der Waals surface area contributed by atoms with Crippen LogP contribution in [0.5, 0.6) is 0 Å². The molecule has 0 atom stereocenters. The number of para-hydroxylation sites is 1. The maximum absolute atomic E-state index is 6.73. The van der Waals surface area contributed by atoms with Gasteiger partial charge in [-0.2, -0.15) is 0 Å². The van der Waals surface area contributed by atoms with Gasteiger partial charge in [0.25, 0.3) is 0 Å². The zero-order chi connectivity index (χ0) is 36.0. The Morgan fingerprint density at radius 3 is 2.02 bits per heavy atom. The van der Waals surface area contributed by atoms with Crippen LogP contribution in [0.2, 0.25) is 0 Å². The third-order valence-electron chi connectivity index (χ3n) is 11.0. The van der Waals surface area contributed by atoms with E-state index in [0.717, 1.165) is 65.6 Å². The summed E-state index contributed by atoms with van der Waals surface area (Å²) in [6.45, 7) is 0. The molecule has 0 fully saturated rings. The van der Waals surface area contributed by atoms with Crippen molar-refractivity contribution in [2.45, 2.75) is 0 Å². The molecule has 55 heavy (non-hydrogen) atoms. The predicted molar refractivity (Wildman–Crippen MR) is 230 cm³/mol. The monoisotopic (exact) mass is 719 g/mol. The molecule has 0 spiro atoms. The molecule has 4 aromatic heterocycles. The Morgan fingerprint density at radius 1 is 0.473 bits per heavy atom. The van der Waals surface area contributed by atoms with Gasteiger partial charge in [-0.3, -0.25) is 0 Å². The maximum Gasteiger partial charge on any atom is 0.161 e. The standard InChI is InChI=1S/C50H29N3OS/c1-3-14-30(15-4-1)39-29-40-34-19-9-11-23-41(34)53(48(40)35-20-8-7-18-33(35)39)32-26-27-36-43(28-32)54-42-24-13-22-38(45(36)42)50-51-46(31-16-5-2-6-17-31)49-47(52-50)37-21-10-12-25-44(37)55-49/h1-29H. The van der Waals surface area contributed by atoms with Crippen molar-refractivity contribution in [3.8, 4) is 39.5 Å². The van der Waals surface area contributed by atoms with Gasteiger partial charge in [-0.15, -0.1) is 11.3 Å². The van der Waals surface area contributed by atoms with Gasteiger partial charge in [-0.1, -0.05) is 133 Å². The summed E-state index contributed by atoms with van der Waals surface area (Å²) in [5.74, 6) is 0.690. The average molecular weight is 720 g/mol. The summed E-state index contributed by atoms with van der Waals surface area (Å²) in [5.41, 5.74) is 11.4. The Balaban J connectivity index is 1.10. The van der Waals surface area contributed by atoms with E-state index in [2.05, 4.69) is 162 Å². The quantitative estimate of drug-likeness (QED) is 0.182. The lowest BCUT2D eigenvalue weighted by Gasteiger charge is -2.13. The van der Waals surface area contributed by atoms with Crippen LogP contribution in [-0.4, -0.2) is 14.5 Å². The number of aromatic nitrogens is 3. The fourth-order valence-corrected chi connectivity index (χ4v) is 9.74. The Morgan fingerprint density at radius 2 is 1.18 bits per heavy atom. The lowest BCUT2D eigenvalue weighted by atomic mass is 9.95. The average Bonchev–Trinajstić information content (AvgIpc) is 3.93. The van der Waals surface area contributed by atoms with Crippen LogP contribution < -0.4 is 0 Å². The van der Waals surface area contributed by atoms with Gasteiger partial charge < -0.3 is 8.98 Å². The van der Waals surface area contributed by atoms with Gasteiger partial charge in [0.15, 0.2) is 5.82 Å². The number of fused-ring (bicyclic) bond motifs is 11. The highest BCUT2D eigenvalue weighted by molar-refractivity contribution is 7.26. The van der Waals surface area contributed by atoms with E-state index in [-0.39, 0.29) is 0 Å². The van der Waals surface area contributed by atoms with Gasteiger partial charge in [-0.05, 0) is 52.9 Å². The number of hydrogen-bond acceptors (Lipinski definition) is 4. The largest absolute Gasteiger partial charge is 0.456 e. The number of hydrogen-bond donors (Lipinski definition) is 0. The second-order valence-electron chi connectivity index (χ2n) is 14.1. The Labute approximate surface area is 319 Å². The Kier molecular flexibility index (Phi) is 6.47. The Hall–Kier alpha value is -7.08. The molecular weight excluding hydrogens is 691 g/mol. The van der Waals surface area contributed by atoms with Crippen LogP contribution in [0.25, 0.3) is 114 Å². The summed E-state index contributed by atoms with van der Waals surface area (Å²) in [6.07, 6.45) is 0. The van der Waals surface area contributed by atoms with Crippen LogP contribution in [0.1, 0.15) is 0 Å². The van der Waals surface area contributed by atoms with Gasteiger partial charge in [0.2, 0.25) is 0 Å². The van der Waals surface area contributed by atoms with Crippen molar-refractivity contribution in [3.05, 3.63) is 176 Å². The minimum absolute atomic E-state index is 0.690. The molecule has 12 rings (SSSR count). The van der Waals surface area contributed by atoms with E-state index in [4.69, 9.17) is 14.4 Å². The van der Waals surface area contributed by atoms with E-state index < -0.39 is 0 Å². The molecule has 5 heteroatoms. The molecular formula is C50H29N3OS. The molecule has 0 saturated heterocycles. The molecule has 8 aromatic carbocycles. The van der Waals surface area contributed by atoms with Crippen molar-refractivity contribution in [3.63, 3.8) is 0 Å². The summed E-state index contributed by atoms with van der Waals surface area (Å²) in [6, 6.07) is 62.4. The SMILES string of the molecule is c1ccc(-c2cc3c4ccccc4n(-c4ccc5c(c4)oc4cccc(-c6nc(-c7ccccc7)c7sc8ccccc8c7n6)c45)c3c3ccccc23)cc1. The predicted octanol–water partition coefficient (Wildman–Crippen LogP) is 14.0. The van der Waals surface area contributed by atoms with E-state index in [1.807, 2.05) is 18.2 Å². The highest BCUT2D eigenvalue weighted by atomic mass is 32.1. The highest BCUT2D eigenvalue weighted by Gasteiger charge is 2.22. The van der Waals surface area contributed by atoms with Crippen LogP contribution in [0.3, 0.4) is 0 Å². The van der Waals surface area contributed by atoms with Crippen LogP contribution in [0.4, 0.5) is 0 Å². The maximum atomic E-state index is 6.73. The van der Waals surface area contributed by atoms with Crippen LogP contribution >= 0.6 is 11.3 Å². The fourth-order valence-electron chi connectivity index (χ4n) is 8.59. The van der Waals surface area contributed by atoms with E-state index >= 15 is 0 Å². The van der Waals surface area contributed by atoms with Crippen LogP contribution in [0, 0.1) is 0 Å². The first-order valence-electron chi connectivity index (χ1n) is 18.5. The second-order valence-corrected chi connectivity index (χ2v) is 15.1. The summed E-state index contributed by atoms with van der Waals surface area (Å²) in [7, 11) is 0. The normalized spacial score (nSPS) is 12.0. The number of benzene rings is 8. The van der Waals surface area contributed by atoms with Crippen molar-refractivity contribution < 1.29 is 4.42 Å². The molecule has 256 valence electrons. The van der Waals surface area contributed by atoms with E-state index in [1.54, 1.807) is 11.3 Å². The molecule has 0 saturated carbocycles. The number of furan rings is 1. The van der Waals surface area contributed by atoms with Gasteiger partial charge in [0, 0.05) is 59.9 Å². The second kappa shape index (κ2) is 11.7. The first-order valence-corrected chi connectivity index (χ1v) is 19.3. The minimum Gasteiger partial charge on any atom is -0.456 e.